The van der Waals surface area contributed by atoms with Gasteiger partial charge < -0.3 is 14.5 Å². The molecule has 1 atom stereocenters. The highest BCUT2D eigenvalue weighted by atomic mass is 16.3. The molecular formula is C25H16N4O4. The number of nitrogens with zero attached hydrogens (tertiary/aromatic N) is 3. The molecule has 5 aromatic rings. The maximum Gasteiger partial charge on any atom is 0.296 e. The maximum atomic E-state index is 13.6. The van der Waals surface area contributed by atoms with Gasteiger partial charge in [0.1, 0.15) is 11.6 Å². The van der Waals surface area contributed by atoms with Crippen LogP contribution >= 0.6 is 0 Å². The zero-order chi connectivity index (χ0) is 22.5. The highest BCUT2D eigenvalue weighted by Gasteiger charge is 2.47. The predicted molar refractivity (Wildman–Crippen MR) is 121 cm³/mol. The number of imidazole rings is 1. The smallest absolute Gasteiger partial charge is 0.296 e. The van der Waals surface area contributed by atoms with Crippen LogP contribution in [0.3, 0.4) is 0 Å². The third-order valence-electron chi connectivity index (χ3n) is 5.68. The van der Waals surface area contributed by atoms with Gasteiger partial charge in [-0.3, -0.25) is 19.5 Å². The first-order valence-electron chi connectivity index (χ1n) is 10.3. The molecule has 0 saturated heterocycles. The van der Waals surface area contributed by atoms with Crippen molar-refractivity contribution in [1.82, 2.24) is 15.0 Å². The number of nitrogens with one attached hydrogen (secondary N) is 1. The lowest BCUT2D eigenvalue weighted by Crippen LogP contribution is -2.32. The van der Waals surface area contributed by atoms with E-state index in [1.807, 2.05) is 30.3 Å². The Morgan fingerprint density at radius 2 is 1.82 bits per heavy atom. The zero-order valence-electron chi connectivity index (χ0n) is 17.1. The zero-order valence-corrected chi connectivity index (χ0v) is 17.1. The number of para-hydroxylation sites is 3. The fraction of sp³-hybridized carbons (Fsp3) is 0.0400. The number of amides is 1. The molecule has 6 rings (SSSR count). The number of furan rings is 1. The molecule has 2 aromatic carbocycles. The molecule has 0 saturated carbocycles. The van der Waals surface area contributed by atoms with Gasteiger partial charge in [0, 0.05) is 11.6 Å². The number of aromatic nitrogens is 3. The number of ketones is 1. The van der Waals surface area contributed by atoms with Gasteiger partial charge in [0.25, 0.3) is 5.91 Å². The van der Waals surface area contributed by atoms with E-state index in [1.165, 1.54) is 4.90 Å². The van der Waals surface area contributed by atoms with Gasteiger partial charge in [-0.25, -0.2) is 4.98 Å². The van der Waals surface area contributed by atoms with Crippen LogP contribution in [0.25, 0.3) is 22.0 Å². The fourth-order valence-corrected chi connectivity index (χ4v) is 4.15. The van der Waals surface area contributed by atoms with E-state index < -0.39 is 23.5 Å². The van der Waals surface area contributed by atoms with Gasteiger partial charge in [-0.05, 0) is 36.4 Å². The van der Waals surface area contributed by atoms with Gasteiger partial charge in [-0.15, -0.1) is 0 Å². The van der Waals surface area contributed by atoms with Crippen LogP contribution < -0.4 is 4.90 Å². The van der Waals surface area contributed by atoms with Crippen molar-refractivity contribution in [1.29, 1.82) is 0 Å². The van der Waals surface area contributed by atoms with Gasteiger partial charge in [0.2, 0.25) is 11.7 Å². The normalized spacial score (nSPS) is 16.3. The first kappa shape index (κ1) is 19.0. The molecule has 0 spiro atoms. The number of hydrogen-bond donors (Lipinski definition) is 2. The number of fused-ring (bicyclic) bond motifs is 2. The number of aromatic amines is 1. The minimum atomic E-state index is -0.986. The molecule has 1 aliphatic rings. The Bertz CT molecular complexity index is 1520. The number of carbonyl (C=O) groups excluding carboxylic acids is 2. The Kier molecular flexibility index (Phi) is 4.13. The lowest BCUT2D eigenvalue weighted by atomic mass is 9.98. The summed E-state index contributed by atoms with van der Waals surface area (Å²) in [5.74, 6) is -1.76. The molecule has 33 heavy (non-hydrogen) atoms. The number of aliphatic hydroxyl groups excluding tert-OH is 1. The molecule has 0 radical (unpaired) electrons. The van der Waals surface area contributed by atoms with E-state index in [1.54, 1.807) is 48.7 Å². The van der Waals surface area contributed by atoms with Crippen molar-refractivity contribution in [3.05, 3.63) is 102 Å². The third-order valence-corrected chi connectivity index (χ3v) is 5.68. The topological polar surface area (TPSA) is 112 Å². The lowest BCUT2D eigenvalue weighted by molar-refractivity contribution is -0.117. The Hall–Kier alpha value is -4.72. The van der Waals surface area contributed by atoms with Crippen molar-refractivity contribution in [2.24, 2.45) is 0 Å². The number of hydrogen-bond acceptors (Lipinski definition) is 6. The van der Waals surface area contributed by atoms with Gasteiger partial charge in [0.15, 0.2) is 11.5 Å². The molecule has 160 valence electrons. The van der Waals surface area contributed by atoms with Crippen LogP contribution in [0.1, 0.15) is 22.3 Å². The first-order chi connectivity index (χ1) is 16.1. The number of carbonyl (C=O) groups is 2. The molecular weight excluding hydrogens is 420 g/mol. The summed E-state index contributed by atoms with van der Waals surface area (Å²) in [6.45, 7) is 0. The minimum Gasteiger partial charge on any atom is -0.503 e. The lowest BCUT2D eigenvalue weighted by Gasteiger charge is -2.23. The van der Waals surface area contributed by atoms with E-state index in [0.717, 1.165) is 10.9 Å². The highest BCUT2D eigenvalue weighted by molar-refractivity contribution is 6.20. The molecule has 2 N–H and O–H groups in total. The van der Waals surface area contributed by atoms with Crippen molar-refractivity contribution >= 4 is 39.6 Å². The summed E-state index contributed by atoms with van der Waals surface area (Å²) in [7, 11) is 0. The Balaban J connectivity index is 1.51. The molecule has 0 bridgehead atoms. The monoisotopic (exact) mass is 436 g/mol. The van der Waals surface area contributed by atoms with Crippen molar-refractivity contribution in [2.45, 2.75) is 6.04 Å². The Morgan fingerprint density at radius 1 is 1.03 bits per heavy atom. The summed E-state index contributed by atoms with van der Waals surface area (Å²) in [6.07, 6.45) is 1.56. The SMILES string of the molecule is O=C(C1=C(O)C(=O)N(c2nc3ccccc3[nH]2)C1c1ccccn1)c1cc2ccccc2o1. The second kappa shape index (κ2) is 7.16. The summed E-state index contributed by atoms with van der Waals surface area (Å²) >= 11 is 0. The highest BCUT2D eigenvalue weighted by Crippen LogP contribution is 2.41. The van der Waals surface area contributed by atoms with Gasteiger partial charge in [-0.1, -0.05) is 36.4 Å². The van der Waals surface area contributed by atoms with E-state index in [4.69, 9.17) is 4.42 Å². The fourth-order valence-electron chi connectivity index (χ4n) is 4.15. The van der Waals surface area contributed by atoms with Crippen molar-refractivity contribution in [3.63, 3.8) is 0 Å². The number of H-pyrrole nitrogens is 1. The van der Waals surface area contributed by atoms with E-state index >= 15 is 0 Å². The Morgan fingerprint density at radius 3 is 2.61 bits per heavy atom. The molecule has 8 nitrogen and oxygen atoms in total. The third kappa shape index (κ3) is 2.92. The quantitative estimate of drug-likeness (QED) is 0.402. The van der Waals surface area contributed by atoms with Crippen LogP contribution in [0.2, 0.25) is 0 Å². The second-order valence-electron chi connectivity index (χ2n) is 7.65. The standard InChI is InChI=1S/C25H16N4O4/c30-22(19-13-14-7-1-4-11-18(14)33-19)20-21(17-10-5-6-12-26-17)29(24(32)23(20)31)25-27-15-8-2-3-9-16(15)28-25/h1-13,21,31H,(H,27,28). The molecule has 1 unspecified atom stereocenters. The Labute approximate surface area is 186 Å². The maximum absolute atomic E-state index is 13.6. The molecule has 0 fully saturated rings. The molecule has 4 heterocycles. The first-order valence-corrected chi connectivity index (χ1v) is 10.3. The van der Waals surface area contributed by atoms with E-state index in [9.17, 15) is 14.7 Å². The van der Waals surface area contributed by atoms with Crippen LogP contribution in [-0.4, -0.2) is 31.7 Å². The number of anilines is 1. The molecule has 1 aliphatic heterocycles. The molecule has 8 heteroatoms. The number of aliphatic hydroxyl groups is 1. The average molecular weight is 436 g/mol. The number of Topliss-reactive ketones (excluding diaryl/α,β-unsaturated/α-hetero) is 1. The van der Waals surface area contributed by atoms with Crippen molar-refractivity contribution in [3.8, 4) is 0 Å². The van der Waals surface area contributed by atoms with Crippen LogP contribution in [0.5, 0.6) is 0 Å². The van der Waals surface area contributed by atoms with Crippen LogP contribution in [0.15, 0.2) is 94.7 Å². The van der Waals surface area contributed by atoms with Gasteiger partial charge in [0.05, 0.1) is 22.3 Å². The minimum absolute atomic E-state index is 0.0259. The number of benzene rings is 2. The number of pyridine rings is 1. The summed E-state index contributed by atoms with van der Waals surface area (Å²) < 4.78 is 5.73. The number of rotatable bonds is 4. The summed E-state index contributed by atoms with van der Waals surface area (Å²) in [6, 6.07) is 20.3. The van der Waals surface area contributed by atoms with E-state index in [-0.39, 0.29) is 17.3 Å². The van der Waals surface area contributed by atoms with Gasteiger partial charge in [-0.2, -0.15) is 0 Å². The van der Waals surface area contributed by atoms with Gasteiger partial charge >= 0.3 is 0 Å². The van der Waals surface area contributed by atoms with Crippen molar-refractivity contribution < 1.29 is 19.1 Å². The predicted octanol–water partition coefficient (Wildman–Crippen LogP) is 4.49. The van der Waals surface area contributed by atoms with Crippen molar-refractivity contribution in [2.75, 3.05) is 4.90 Å². The van der Waals surface area contributed by atoms with Crippen LogP contribution in [0.4, 0.5) is 5.95 Å². The molecule has 1 amide bonds. The van der Waals surface area contributed by atoms with Crippen LogP contribution in [-0.2, 0) is 4.79 Å². The largest absolute Gasteiger partial charge is 0.503 e. The molecule has 3 aromatic heterocycles. The summed E-state index contributed by atoms with van der Waals surface area (Å²) in [5, 5.41) is 11.6. The second-order valence-corrected chi connectivity index (χ2v) is 7.65. The van der Waals surface area contributed by atoms with E-state index in [0.29, 0.717) is 16.8 Å². The van der Waals surface area contributed by atoms with Crippen LogP contribution in [0, 0.1) is 0 Å². The summed E-state index contributed by atoms with van der Waals surface area (Å²) in [5.41, 5.74) is 2.20. The summed E-state index contributed by atoms with van der Waals surface area (Å²) in [4.78, 5) is 40.0. The average Bonchev–Trinajstić information content (AvgIpc) is 3.53. The molecule has 0 aliphatic carbocycles. The van der Waals surface area contributed by atoms with E-state index in [2.05, 4.69) is 15.0 Å².